The maximum atomic E-state index is 10.7. The number of halogens is 1. The number of benzene rings is 1. The van der Waals surface area contributed by atoms with Gasteiger partial charge < -0.3 is 15.5 Å². The summed E-state index contributed by atoms with van der Waals surface area (Å²) in [4.78, 5) is 10.7. The van der Waals surface area contributed by atoms with Crippen molar-refractivity contribution in [3.63, 3.8) is 0 Å². The van der Waals surface area contributed by atoms with Crippen LogP contribution in [0.15, 0.2) is 28.7 Å². The molecule has 1 unspecified atom stereocenters. The topological polar surface area (TPSA) is 69.6 Å². The molecule has 0 heterocycles. The van der Waals surface area contributed by atoms with Gasteiger partial charge in [-0.2, -0.15) is 0 Å². The van der Waals surface area contributed by atoms with Gasteiger partial charge >= 0.3 is 6.09 Å². The lowest BCUT2D eigenvalue weighted by molar-refractivity contribution is 0.187. The summed E-state index contributed by atoms with van der Waals surface area (Å²) in [6.45, 7) is 0.0578. The summed E-state index contributed by atoms with van der Waals surface area (Å²) in [7, 11) is 0. The van der Waals surface area contributed by atoms with Gasteiger partial charge in [-0.15, -0.1) is 0 Å². The number of carboxylic acid groups (broad SMARTS) is 1. The quantitative estimate of drug-likeness (QED) is 0.779. The molecule has 0 aromatic heterocycles. The maximum Gasteiger partial charge on any atom is 0.405 e. The van der Waals surface area contributed by atoms with Crippen molar-refractivity contribution in [2.24, 2.45) is 0 Å². The molecule has 5 heteroatoms. The van der Waals surface area contributed by atoms with Gasteiger partial charge in [-0.1, -0.05) is 34.1 Å². The Labute approximate surface area is 102 Å². The molecule has 1 aromatic carbocycles. The summed E-state index contributed by atoms with van der Waals surface area (Å²) < 4.78 is 0.867. The van der Waals surface area contributed by atoms with E-state index in [9.17, 15) is 4.79 Å². The van der Waals surface area contributed by atoms with E-state index in [1.807, 2.05) is 24.3 Å². The number of amides is 1. The summed E-state index contributed by atoms with van der Waals surface area (Å²) in [5, 5.41) is 20.0. The van der Waals surface area contributed by atoms with E-state index in [1.54, 1.807) is 0 Å². The van der Waals surface area contributed by atoms with Crippen LogP contribution in [0.25, 0.3) is 0 Å². The molecule has 16 heavy (non-hydrogen) atoms. The molecule has 0 aliphatic heterocycles. The third-order valence-corrected chi connectivity index (χ3v) is 2.95. The third kappa shape index (κ3) is 3.83. The van der Waals surface area contributed by atoms with Gasteiger partial charge in [0.2, 0.25) is 0 Å². The van der Waals surface area contributed by atoms with Crippen LogP contribution in [0.2, 0.25) is 0 Å². The number of carbonyl (C=O) groups is 1. The minimum Gasteiger partial charge on any atom is -0.465 e. The van der Waals surface area contributed by atoms with Crippen LogP contribution in [0.5, 0.6) is 0 Å². The van der Waals surface area contributed by atoms with Gasteiger partial charge in [0.25, 0.3) is 0 Å². The Balaban J connectivity index is 2.82. The number of nitrogens with one attached hydrogen (secondary N) is 1. The molecule has 0 bridgehead atoms. The summed E-state index contributed by atoms with van der Waals surface area (Å²) in [5.41, 5.74) is 0.887. The van der Waals surface area contributed by atoms with Crippen LogP contribution in [0, 0.1) is 0 Å². The summed E-state index contributed by atoms with van der Waals surface area (Å²) in [5.74, 6) is 0. The fourth-order valence-electron chi connectivity index (χ4n) is 1.51. The SMILES string of the molecule is O=C(O)NC(CCCO)c1ccccc1Br. The van der Waals surface area contributed by atoms with Crippen LogP contribution in [-0.4, -0.2) is 22.9 Å². The van der Waals surface area contributed by atoms with Crippen LogP contribution in [-0.2, 0) is 0 Å². The fourth-order valence-corrected chi connectivity index (χ4v) is 2.07. The van der Waals surface area contributed by atoms with E-state index in [0.717, 1.165) is 10.0 Å². The number of aliphatic hydroxyl groups is 1. The average molecular weight is 288 g/mol. The lowest BCUT2D eigenvalue weighted by Crippen LogP contribution is -2.27. The molecule has 0 aliphatic carbocycles. The van der Waals surface area contributed by atoms with Crippen LogP contribution in [0.4, 0.5) is 4.79 Å². The zero-order valence-electron chi connectivity index (χ0n) is 8.69. The van der Waals surface area contributed by atoms with Crippen molar-refractivity contribution in [1.29, 1.82) is 0 Å². The summed E-state index contributed by atoms with van der Waals surface area (Å²) >= 11 is 3.38. The van der Waals surface area contributed by atoms with E-state index < -0.39 is 6.09 Å². The van der Waals surface area contributed by atoms with Crippen molar-refractivity contribution < 1.29 is 15.0 Å². The second kappa shape index (κ2) is 6.50. The predicted molar refractivity (Wildman–Crippen MR) is 64.4 cm³/mol. The monoisotopic (exact) mass is 287 g/mol. The number of rotatable bonds is 5. The third-order valence-electron chi connectivity index (χ3n) is 2.23. The first-order valence-electron chi connectivity index (χ1n) is 5.00. The molecule has 0 radical (unpaired) electrons. The van der Waals surface area contributed by atoms with Crippen LogP contribution >= 0.6 is 15.9 Å². The van der Waals surface area contributed by atoms with Crippen LogP contribution in [0.3, 0.4) is 0 Å². The number of aliphatic hydroxyl groups excluding tert-OH is 1. The van der Waals surface area contributed by atoms with E-state index in [-0.39, 0.29) is 12.6 Å². The maximum absolute atomic E-state index is 10.7. The molecule has 3 N–H and O–H groups in total. The van der Waals surface area contributed by atoms with Gasteiger partial charge in [0.15, 0.2) is 0 Å². The van der Waals surface area contributed by atoms with E-state index in [4.69, 9.17) is 10.2 Å². The number of hydrogen-bond donors (Lipinski definition) is 3. The Morgan fingerprint density at radius 1 is 1.44 bits per heavy atom. The molecule has 0 fully saturated rings. The van der Waals surface area contributed by atoms with Crippen molar-refractivity contribution >= 4 is 22.0 Å². The van der Waals surface area contributed by atoms with Crippen LogP contribution < -0.4 is 5.32 Å². The molecule has 1 atom stereocenters. The minimum atomic E-state index is -1.06. The first-order valence-corrected chi connectivity index (χ1v) is 5.79. The molecule has 1 rings (SSSR count). The Hall–Kier alpha value is -1.07. The molecule has 4 nitrogen and oxygen atoms in total. The van der Waals surface area contributed by atoms with Crippen molar-refractivity contribution in [1.82, 2.24) is 5.32 Å². The fraction of sp³-hybridized carbons (Fsp3) is 0.364. The van der Waals surface area contributed by atoms with Crippen molar-refractivity contribution in [2.75, 3.05) is 6.61 Å². The van der Waals surface area contributed by atoms with Gasteiger partial charge in [-0.05, 0) is 24.5 Å². The Morgan fingerprint density at radius 3 is 2.69 bits per heavy atom. The molecule has 88 valence electrons. The molecule has 0 saturated carbocycles. The van der Waals surface area contributed by atoms with Crippen LogP contribution in [0.1, 0.15) is 24.4 Å². The lowest BCUT2D eigenvalue weighted by atomic mass is 10.0. The average Bonchev–Trinajstić information content (AvgIpc) is 2.24. The van der Waals surface area contributed by atoms with Gasteiger partial charge in [0, 0.05) is 11.1 Å². The predicted octanol–water partition coefficient (Wildman–Crippen LogP) is 2.53. The smallest absolute Gasteiger partial charge is 0.405 e. The Kier molecular flexibility index (Phi) is 5.28. The second-order valence-electron chi connectivity index (χ2n) is 3.39. The van der Waals surface area contributed by atoms with E-state index in [0.29, 0.717) is 12.8 Å². The molecule has 1 amide bonds. The van der Waals surface area contributed by atoms with Crippen molar-refractivity contribution in [2.45, 2.75) is 18.9 Å². The molecular formula is C11H14BrNO3. The zero-order chi connectivity index (χ0) is 12.0. The first kappa shape index (κ1) is 13.0. The summed E-state index contributed by atoms with van der Waals surface area (Å²) in [6, 6.07) is 7.17. The Bertz CT molecular complexity index is 357. The summed E-state index contributed by atoms with van der Waals surface area (Å²) in [6.07, 6.45) is 0.0798. The highest BCUT2D eigenvalue weighted by Crippen LogP contribution is 2.26. The van der Waals surface area contributed by atoms with Gasteiger partial charge in [-0.25, -0.2) is 4.79 Å². The second-order valence-corrected chi connectivity index (χ2v) is 4.24. The highest BCUT2D eigenvalue weighted by Gasteiger charge is 2.15. The normalized spacial score (nSPS) is 12.1. The molecular weight excluding hydrogens is 274 g/mol. The van der Waals surface area contributed by atoms with Crippen molar-refractivity contribution in [3.05, 3.63) is 34.3 Å². The largest absolute Gasteiger partial charge is 0.465 e. The van der Waals surface area contributed by atoms with E-state index >= 15 is 0 Å². The minimum absolute atomic E-state index is 0.0578. The Morgan fingerprint density at radius 2 is 2.12 bits per heavy atom. The zero-order valence-corrected chi connectivity index (χ0v) is 10.3. The van der Waals surface area contributed by atoms with E-state index in [1.165, 1.54) is 0 Å². The lowest BCUT2D eigenvalue weighted by Gasteiger charge is -2.18. The standard InChI is InChI=1S/C11H14BrNO3/c12-9-5-2-1-4-8(9)10(6-3-7-14)13-11(15)16/h1-2,4-5,10,13-14H,3,6-7H2,(H,15,16). The molecule has 0 aliphatic rings. The number of hydrogen-bond acceptors (Lipinski definition) is 2. The van der Waals surface area contributed by atoms with Gasteiger partial charge in [0.05, 0.1) is 6.04 Å². The first-order chi connectivity index (χ1) is 7.65. The highest BCUT2D eigenvalue weighted by atomic mass is 79.9. The van der Waals surface area contributed by atoms with Gasteiger partial charge in [-0.3, -0.25) is 0 Å². The molecule has 0 spiro atoms. The molecule has 0 saturated heterocycles. The highest BCUT2D eigenvalue weighted by molar-refractivity contribution is 9.10. The van der Waals surface area contributed by atoms with Crippen molar-refractivity contribution in [3.8, 4) is 0 Å². The van der Waals surface area contributed by atoms with Gasteiger partial charge in [0.1, 0.15) is 0 Å². The molecule has 1 aromatic rings. The van der Waals surface area contributed by atoms with E-state index in [2.05, 4.69) is 21.2 Å².